The molecule has 5 aromatic rings. The van der Waals surface area contributed by atoms with E-state index in [1.165, 1.54) is 6.07 Å². The number of fused-ring (bicyclic) bond motifs is 5. The van der Waals surface area contributed by atoms with Crippen molar-refractivity contribution in [3.8, 4) is 80.1 Å². The van der Waals surface area contributed by atoms with Crippen LogP contribution in [0.3, 0.4) is 0 Å². The van der Waals surface area contributed by atoms with E-state index < -0.39 is 152 Å². The van der Waals surface area contributed by atoms with Crippen molar-refractivity contribution in [1.82, 2.24) is 0 Å². The summed E-state index contributed by atoms with van der Waals surface area (Å²) in [4.78, 5) is 54.8. The average Bonchev–Trinajstić information content (AvgIpc) is 3.26. The monoisotopic (exact) mass is 872 g/mol. The van der Waals surface area contributed by atoms with Gasteiger partial charge in [-0.05, 0) is 29.8 Å². The van der Waals surface area contributed by atoms with Crippen molar-refractivity contribution in [2.45, 2.75) is 43.2 Å². The highest BCUT2D eigenvalue weighted by atomic mass is 16.7. The minimum atomic E-state index is -2.25. The van der Waals surface area contributed by atoms with Gasteiger partial charge in [0.15, 0.2) is 64.3 Å². The molecule has 0 amide bonds. The first-order valence-corrected chi connectivity index (χ1v) is 18.5. The molecule has 21 heteroatoms. The lowest BCUT2D eigenvalue weighted by atomic mass is 9.92. The van der Waals surface area contributed by atoms with Crippen LogP contribution < -0.4 is 9.47 Å². The maximum Gasteiger partial charge on any atom is 0.339 e. The summed E-state index contributed by atoms with van der Waals surface area (Å²) in [6.45, 7) is -1.02. The Balaban J connectivity index is 1.22. The van der Waals surface area contributed by atoms with Gasteiger partial charge in [0, 0.05) is 23.3 Å². The summed E-state index contributed by atoms with van der Waals surface area (Å²) in [5.41, 5.74) is -3.87. The lowest BCUT2D eigenvalue weighted by Crippen LogP contribution is -2.62. The van der Waals surface area contributed by atoms with Gasteiger partial charge in [0.1, 0.15) is 41.6 Å². The van der Waals surface area contributed by atoms with E-state index in [2.05, 4.69) is 0 Å². The molecule has 0 bridgehead atoms. The van der Waals surface area contributed by atoms with E-state index in [0.29, 0.717) is 29.8 Å². The Morgan fingerprint density at radius 3 is 1.84 bits per heavy atom. The molecular weight excluding hydrogens is 840 g/mol. The number of aliphatic hydroxyl groups is 1. The molecule has 11 N–H and O–H groups in total. The number of ketones is 1. The van der Waals surface area contributed by atoms with Crippen molar-refractivity contribution in [3.63, 3.8) is 0 Å². The number of carbonyl (C=O) groups excluding carboxylic acids is 4. The number of rotatable bonds is 5. The average molecular weight is 873 g/mol. The first-order chi connectivity index (χ1) is 29.9. The number of ether oxygens (including phenoxy) is 6. The predicted molar refractivity (Wildman–Crippen MR) is 204 cm³/mol. The number of carbonyl (C=O) groups is 4. The Labute approximate surface area is 351 Å². The molecule has 1 fully saturated rings. The lowest BCUT2D eigenvalue weighted by Gasteiger charge is -2.43. The molecule has 5 aromatic carbocycles. The van der Waals surface area contributed by atoms with Crippen LogP contribution in [0.1, 0.15) is 59.5 Å². The van der Waals surface area contributed by atoms with Crippen molar-refractivity contribution in [2.24, 2.45) is 0 Å². The van der Waals surface area contributed by atoms with E-state index in [-0.39, 0.29) is 23.5 Å². The third-order valence-corrected chi connectivity index (χ3v) is 10.4. The van der Waals surface area contributed by atoms with Crippen LogP contribution in [-0.4, -0.2) is 117 Å². The van der Waals surface area contributed by atoms with Gasteiger partial charge >= 0.3 is 17.9 Å². The second-order valence-electron chi connectivity index (χ2n) is 14.3. The van der Waals surface area contributed by atoms with Crippen LogP contribution in [0.5, 0.6) is 69.0 Å². The zero-order valence-electron chi connectivity index (χ0n) is 31.7. The van der Waals surface area contributed by atoms with Crippen molar-refractivity contribution in [1.29, 1.82) is 0 Å². The summed E-state index contributed by atoms with van der Waals surface area (Å²) < 4.78 is 34.6. The summed E-state index contributed by atoms with van der Waals surface area (Å²) in [6.07, 6.45) is -11.3. The summed E-state index contributed by atoms with van der Waals surface area (Å²) >= 11 is 0. The fourth-order valence-corrected chi connectivity index (χ4v) is 7.33. The van der Waals surface area contributed by atoms with Crippen molar-refractivity contribution >= 4 is 23.7 Å². The minimum Gasteiger partial charge on any atom is -0.507 e. The Morgan fingerprint density at radius 1 is 0.635 bits per heavy atom. The van der Waals surface area contributed by atoms with Crippen LogP contribution in [0.25, 0.3) is 11.1 Å². The molecule has 6 atom stereocenters. The Hall–Kier alpha value is -8.30. The van der Waals surface area contributed by atoms with Gasteiger partial charge in [-0.15, -0.1) is 0 Å². The molecule has 3 aliphatic heterocycles. The Morgan fingerprint density at radius 2 is 1.22 bits per heavy atom. The number of hydrogen-bond acceptors (Lipinski definition) is 21. The molecule has 1 saturated heterocycles. The largest absolute Gasteiger partial charge is 0.507 e. The molecule has 3 heterocycles. The van der Waals surface area contributed by atoms with Gasteiger partial charge in [-0.2, -0.15) is 0 Å². The number of cyclic esters (lactones) is 1. The first kappa shape index (κ1) is 41.4. The van der Waals surface area contributed by atoms with Crippen molar-refractivity contribution < 1.29 is 104 Å². The zero-order chi connectivity index (χ0) is 45.2. The summed E-state index contributed by atoms with van der Waals surface area (Å²) in [7, 11) is 0. The first-order valence-electron chi connectivity index (χ1n) is 18.5. The minimum absolute atomic E-state index is 0.130. The molecule has 0 unspecified atom stereocenters. The molecular formula is C42H32O21. The van der Waals surface area contributed by atoms with Gasteiger partial charge in [-0.3, -0.25) is 4.79 Å². The smallest absolute Gasteiger partial charge is 0.339 e. The van der Waals surface area contributed by atoms with Crippen LogP contribution in [-0.2, 0) is 18.9 Å². The third-order valence-electron chi connectivity index (χ3n) is 10.4. The molecule has 0 spiro atoms. The highest BCUT2D eigenvalue weighted by molar-refractivity contribution is 6.08. The SMILES string of the molecule is O=C(O[C@@H]1[C@H](O)[C@H](Oc2cc(O)c3c(c2)O[C@H](c2ccccc2)CC3=O)O[C@@H]2COC(=O)c3cc(O)c(O)c(O)c3-c3c(cc(O)c(O)c3O)C(=O)O[C@H]12)c1cc(O)c(O)c(O)c1. The number of benzene rings is 5. The lowest BCUT2D eigenvalue weighted by molar-refractivity contribution is -0.276. The van der Waals surface area contributed by atoms with Gasteiger partial charge < -0.3 is 84.6 Å². The number of hydrogen-bond donors (Lipinski definition) is 11. The number of aliphatic hydroxyl groups excluding tert-OH is 1. The standard InChI is InChI=1S/C42H32O21/c43-19-8-16(9-26-30(19)20(44)12-25(60-26)14-4-2-1-3-5-14)59-42-36(54)38(63-39(55)15-6-21(45)31(49)22(46)7-15)37-27(61-42)13-58-40(56)17-10-23(47)32(50)34(52)28(17)29-18(41(57)62-37)11-24(48)33(51)35(29)53/h1-11,25,27,36-38,42-43,45-54H,12-13H2/t25-,27+,36-,37-,38+,42+/m0/s1. The molecule has 0 aliphatic carbocycles. The van der Waals surface area contributed by atoms with Crippen LogP contribution in [0.15, 0.2) is 66.7 Å². The summed E-state index contributed by atoms with van der Waals surface area (Å²) in [5, 5.41) is 117. The Bertz CT molecular complexity index is 2710. The molecule has 0 aromatic heterocycles. The Kier molecular flexibility index (Phi) is 10.3. The third kappa shape index (κ3) is 7.25. The topological polar surface area (TPSA) is 346 Å². The van der Waals surface area contributed by atoms with Gasteiger partial charge in [0.2, 0.25) is 17.8 Å². The maximum atomic E-state index is 14.2. The second-order valence-corrected chi connectivity index (χ2v) is 14.3. The van der Waals surface area contributed by atoms with Crippen LogP contribution in [0.2, 0.25) is 0 Å². The molecule has 63 heavy (non-hydrogen) atoms. The molecule has 21 nitrogen and oxygen atoms in total. The maximum absolute atomic E-state index is 14.2. The van der Waals surface area contributed by atoms with Gasteiger partial charge in [0.05, 0.1) is 23.1 Å². The highest BCUT2D eigenvalue weighted by Crippen LogP contribution is 2.53. The van der Waals surface area contributed by atoms with Crippen molar-refractivity contribution in [2.75, 3.05) is 6.61 Å². The van der Waals surface area contributed by atoms with Gasteiger partial charge in [-0.25, -0.2) is 14.4 Å². The number of esters is 3. The predicted octanol–water partition coefficient (Wildman–Crippen LogP) is 3.20. The number of phenols is 10. The van der Waals surface area contributed by atoms with E-state index in [0.717, 1.165) is 6.07 Å². The summed E-state index contributed by atoms with van der Waals surface area (Å²) in [6, 6.07) is 13.2. The molecule has 8 rings (SSSR count). The number of aromatic hydroxyl groups is 10. The number of phenolic OH excluding ortho intramolecular Hbond substituents is 10. The summed E-state index contributed by atoms with van der Waals surface area (Å²) in [5.74, 6) is -16.5. The van der Waals surface area contributed by atoms with E-state index in [1.807, 2.05) is 0 Å². The molecule has 0 radical (unpaired) electrons. The zero-order valence-corrected chi connectivity index (χ0v) is 31.7. The van der Waals surface area contributed by atoms with E-state index >= 15 is 0 Å². The molecule has 326 valence electrons. The number of Topliss-reactive ketones (excluding diaryl/α,β-unsaturated/α-hetero) is 1. The quantitative estimate of drug-likeness (QED) is 0.0686. The van der Waals surface area contributed by atoms with Crippen LogP contribution >= 0.6 is 0 Å². The fraction of sp³-hybridized carbons (Fsp3) is 0.190. The molecule has 0 saturated carbocycles. The van der Waals surface area contributed by atoms with E-state index in [9.17, 15) is 75.3 Å². The second kappa shape index (κ2) is 15.6. The van der Waals surface area contributed by atoms with E-state index in [4.69, 9.17) is 28.4 Å². The van der Waals surface area contributed by atoms with Gasteiger partial charge in [0.25, 0.3) is 0 Å². The van der Waals surface area contributed by atoms with Gasteiger partial charge in [-0.1, -0.05) is 30.3 Å². The fourth-order valence-electron chi connectivity index (χ4n) is 7.33. The highest BCUT2D eigenvalue weighted by Gasteiger charge is 2.52. The van der Waals surface area contributed by atoms with Crippen LogP contribution in [0.4, 0.5) is 0 Å². The van der Waals surface area contributed by atoms with E-state index in [1.54, 1.807) is 30.3 Å². The van der Waals surface area contributed by atoms with Crippen molar-refractivity contribution in [3.05, 3.63) is 94.5 Å². The van der Waals surface area contributed by atoms with Crippen LogP contribution in [0, 0.1) is 0 Å². The molecule has 3 aliphatic rings. The normalized spacial score (nSPS) is 21.8.